The molecular weight excluding hydrogens is 491 g/mol. The van der Waals surface area contributed by atoms with Gasteiger partial charge >= 0.3 is 6.09 Å². The Balaban J connectivity index is 1.43. The monoisotopic (exact) mass is 512 g/mol. The highest BCUT2D eigenvalue weighted by molar-refractivity contribution is 6.31. The molecule has 12 heteroatoms. The quantitative estimate of drug-likeness (QED) is 0.487. The number of piperidine rings is 1. The summed E-state index contributed by atoms with van der Waals surface area (Å²) in [4.78, 5) is 38.5. The number of hydrogen-bond acceptors (Lipinski definition) is 6. The van der Waals surface area contributed by atoms with E-state index in [0.29, 0.717) is 30.8 Å². The molecule has 0 saturated carbocycles. The molecule has 3 amide bonds. The van der Waals surface area contributed by atoms with Crippen molar-refractivity contribution in [2.75, 3.05) is 29.5 Å². The Morgan fingerprint density at radius 2 is 2.00 bits per heavy atom. The summed E-state index contributed by atoms with van der Waals surface area (Å²) in [5.41, 5.74) is 6.64. The van der Waals surface area contributed by atoms with Crippen LogP contribution in [0.15, 0.2) is 42.6 Å². The van der Waals surface area contributed by atoms with Gasteiger partial charge in [0.25, 0.3) is 5.91 Å². The number of fused-ring (bicyclic) bond motifs is 2. The molecule has 0 radical (unpaired) electrons. The number of nitrogens with zero attached hydrogens (tertiary/aromatic N) is 3. The van der Waals surface area contributed by atoms with Gasteiger partial charge < -0.3 is 20.7 Å². The molecule has 3 heterocycles. The van der Waals surface area contributed by atoms with E-state index in [9.17, 15) is 14.4 Å². The van der Waals surface area contributed by atoms with Crippen molar-refractivity contribution in [3.8, 4) is 5.69 Å². The van der Waals surface area contributed by atoms with Crippen LogP contribution in [0.3, 0.4) is 0 Å². The number of hydrogen-bond donors (Lipinski definition) is 3. The molecule has 10 nitrogen and oxygen atoms in total. The Bertz CT molecular complexity index is 1390. The Morgan fingerprint density at radius 3 is 2.72 bits per heavy atom. The van der Waals surface area contributed by atoms with E-state index in [4.69, 9.17) is 22.1 Å². The van der Waals surface area contributed by atoms with Crippen molar-refractivity contribution >= 4 is 46.7 Å². The fraction of sp³-hybridized carbons (Fsp3) is 0.250. The second kappa shape index (κ2) is 8.83. The lowest BCUT2D eigenvalue weighted by molar-refractivity contribution is -0.114. The molecule has 0 aliphatic carbocycles. The van der Waals surface area contributed by atoms with Crippen LogP contribution in [0.25, 0.3) is 5.69 Å². The van der Waals surface area contributed by atoms with Crippen molar-refractivity contribution in [2.45, 2.75) is 25.4 Å². The molecule has 186 valence electrons. The van der Waals surface area contributed by atoms with Gasteiger partial charge in [-0.3, -0.25) is 14.9 Å². The maximum absolute atomic E-state index is 15.1. The highest BCUT2D eigenvalue weighted by Gasteiger charge is 2.48. The largest absolute Gasteiger partial charge is 0.436 e. The zero-order valence-electron chi connectivity index (χ0n) is 19.2. The van der Waals surface area contributed by atoms with Crippen LogP contribution in [0.2, 0.25) is 5.02 Å². The number of anilines is 3. The van der Waals surface area contributed by atoms with Gasteiger partial charge in [-0.15, -0.1) is 0 Å². The standard InChI is InChI=1S/C24H22ClFN6O4/c1-13(33)29-14-3-5-15(6-4-14)32-21(27)16(11-28-32)22(34)31-10-2-9-24(12-31)19-18(30-23(35)36-24)8-7-17(25)20(19)26/h3-8,11H,2,9-10,12,27H2,1H3,(H,29,33)(H,30,35)/t24-/m0/s1. The van der Waals surface area contributed by atoms with Crippen LogP contribution in [-0.4, -0.2) is 45.7 Å². The lowest BCUT2D eigenvalue weighted by atomic mass is 9.83. The molecule has 1 spiro atoms. The first-order valence-electron chi connectivity index (χ1n) is 11.2. The summed E-state index contributed by atoms with van der Waals surface area (Å²) >= 11 is 6.02. The molecule has 5 rings (SSSR count). The van der Waals surface area contributed by atoms with E-state index in [0.717, 1.165) is 0 Å². The highest BCUT2D eigenvalue weighted by Crippen LogP contribution is 2.45. The van der Waals surface area contributed by atoms with Crippen molar-refractivity contribution in [3.63, 3.8) is 0 Å². The summed E-state index contributed by atoms with van der Waals surface area (Å²) in [6, 6.07) is 9.67. The second-order valence-electron chi connectivity index (χ2n) is 8.71. The Kier molecular flexibility index (Phi) is 5.79. The average Bonchev–Trinajstić information content (AvgIpc) is 3.22. The fourth-order valence-electron chi connectivity index (χ4n) is 4.73. The summed E-state index contributed by atoms with van der Waals surface area (Å²) in [6.07, 6.45) is 1.42. The number of halogens is 2. The maximum Gasteiger partial charge on any atom is 0.412 e. The van der Waals surface area contributed by atoms with Crippen molar-refractivity contribution in [2.24, 2.45) is 0 Å². The van der Waals surface area contributed by atoms with E-state index in [2.05, 4.69) is 15.7 Å². The molecule has 0 bridgehead atoms. The molecule has 3 aromatic rings. The van der Waals surface area contributed by atoms with Crippen LogP contribution >= 0.6 is 11.6 Å². The fourth-order valence-corrected chi connectivity index (χ4v) is 4.89. The minimum Gasteiger partial charge on any atom is -0.436 e. The van der Waals surface area contributed by atoms with Gasteiger partial charge in [0, 0.05) is 19.2 Å². The first-order valence-corrected chi connectivity index (χ1v) is 11.6. The zero-order valence-corrected chi connectivity index (χ0v) is 19.9. The smallest absolute Gasteiger partial charge is 0.412 e. The molecule has 2 aromatic carbocycles. The van der Waals surface area contributed by atoms with Crippen molar-refractivity contribution in [1.82, 2.24) is 14.7 Å². The number of nitrogens with one attached hydrogen (secondary N) is 2. The number of amides is 3. The minimum absolute atomic E-state index is 0.0699. The molecule has 2 aliphatic heterocycles. The SMILES string of the molecule is CC(=O)Nc1ccc(-n2ncc(C(=O)N3CCC[C@@]4(C3)OC(=O)Nc3ccc(Cl)c(F)c34)c2N)cc1. The number of carbonyl (C=O) groups is 3. The average molecular weight is 513 g/mol. The van der Waals surface area contributed by atoms with Gasteiger partial charge in [0.1, 0.15) is 11.4 Å². The van der Waals surface area contributed by atoms with E-state index in [1.54, 1.807) is 24.3 Å². The molecule has 2 aliphatic rings. The van der Waals surface area contributed by atoms with Crippen molar-refractivity contribution < 1.29 is 23.5 Å². The van der Waals surface area contributed by atoms with Crippen LogP contribution < -0.4 is 16.4 Å². The van der Waals surface area contributed by atoms with Crippen molar-refractivity contribution in [3.05, 3.63) is 64.6 Å². The predicted molar refractivity (Wildman–Crippen MR) is 131 cm³/mol. The van der Waals surface area contributed by atoms with Crippen LogP contribution in [0.5, 0.6) is 0 Å². The Hall–Kier alpha value is -4.12. The number of nitrogens with two attached hydrogens (primary N) is 1. The molecule has 4 N–H and O–H groups in total. The van der Waals surface area contributed by atoms with Crippen LogP contribution in [0.4, 0.5) is 26.4 Å². The van der Waals surface area contributed by atoms with Gasteiger partial charge in [-0.05, 0) is 49.2 Å². The molecule has 36 heavy (non-hydrogen) atoms. The summed E-state index contributed by atoms with van der Waals surface area (Å²) in [7, 11) is 0. The van der Waals surface area contributed by atoms with Gasteiger partial charge in [-0.25, -0.2) is 13.9 Å². The first-order chi connectivity index (χ1) is 17.2. The highest BCUT2D eigenvalue weighted by atomic mass is 35.5. The molecule has 1 aromatic heterocycles. The van der Waals surface area contributed by atoms with E-state index >= 15 is 4.39 Å². The number of benzene rings is 2. The lowest BCUT2D eigenvalue weighted by Crippen LogP contribution is -2.53. The van der Waals surface area contributed by atoms with E-state index in [-0.39, 0.29) is 40.1 Å². The summed E-state index contributed by atoms with van der Waals surface area (Å²) in [5, 5.41) is 9.32. The van der Waals surface area contributed by atoms with Crippen molar-refractivity contribution in [1.29, 1.82) is 0 Å². The number of ether oxygens (including phenoxy) is 1. The maximum atomic E-state index is 15.1. The number of rotatable bonds is 3. The number of likely N-dealkylation sites (tertiary alicyclic amines) is 1. The lowest BCUT2D eigenvalue weighted by Gasteiger charge is -2.45. The Morgan fingerprint density at radius 1 is 1.25 bits per heavy atom. The summed E-state index contributed by atoms with van der Waals surface area (Å²) in [6.45, 7) is 1.70. The van der Waals surface area contributed by atoms with E-state index in [1.807, 2.05) is 0 Å². The second-order valence-corrected chi connectivity index (χ2v) is 9.11. The molecule has 1 saturated heterocycles. The molecule has 1 atom stereocenters. The molecule has 1 fully saturated rings. The summed E-state index contributed by atoms with van der Waals surface area (Å²) in [5.74, 6) is -1.20. The minimum atomic E-state index is -1.38. The van der Waals surface area contributed by atoms with Crippen LogP contribution in [-0.2, 0) is 15.1 Å². The third kappa shape index (κ3) is 4.01. The molecule has 0 unspecified atom stereocenters. The summed E-state index contributed by atoms with van der Waals surface area (Å²) < 4.78 is 22.1. The normalized spacial score (nSPS) is 18.9. The third-order valence-corrected chi connectivity index (χ3v) is 6.58. The van der Waals surface area contributed by atoms with E-state index < -0.39 is 23.4 Å². The first kappa shape index (κ1) is 23.6. The van der Waals surface area contributed by atoms with Crippen LogP contribution in [0, 0.1) is 5.82 Å². The van der Waals surface area contributed by atoms with Gasteiger partial charge in [-0.2, -0.15) is 5.10 Å². The Labute approximate surface area is 210 Å². The van der Waals surface area contributed by atoms with Gasteiger partial charge in [0.15, 0.2) is 11.4 Å². The van der Waals surface area contributed by atoms with Crippen LogP contribution in [0.1, 0.15) is 35.7 Å². The molecular formula is C24H22ClFN6O4. The zero-order chi connectivity index (χ0) is 25.6. The third-order valence-electron chi connectivity index (χ3n) is 6.29. The number of aromatic nitrogens is 2. The van der Waals surface area contributed by atoms with Gasteiger partial charge in [0.2, 0.25) is 5.91 Å². The number of carbonyl (C=O) groups excluding carboxylic acids is 3. The topological polar surface area (TPSA) is 132 Å². The van der Waals surface area contributed by atoms with E-state index in [1.165, 1.54) is 34.8 Å². The van der Waals surface area contributed by atoms with Gasteiger partial charge in [-0.1, -0.05) is 11.6 Å². The van der Waals surface area contributed by atoms with Gasteiger partial charge in [0.05, 0.1) is 34.7 Å². The number of nitrogen functional groups attached to an aromatic ring is 1. The predicted octanol–water partition coefficient (Wildman–Crippen LogP) is 3.90.